The van der Waals surface area contributed by atoms with Gasteiger partial charge in [0.15, 0.2) is 0 Å². The first-order valence-electron chi connectivity index (χ1n) is 10.8. The van der Waals surface area contributed by atoms with Crippen LogP contribution in [0.4, 0.5) is 10.5 Å². The minimum absolute atomic E-state index is 0.0642. The number of carbonyl (C=O) groups is 3. The second-order valence-electron chi connectivity index (χ2n) is 7.92. The van der Waals surface area contributed by atoms with E-state index in [1.165, 1.54) is 18.2 Å². The third-order valence-corrected chi connectivity index (χ3v) is 6.15. The van der Waals surface area contributed by atoms with E-state index >= 15 is 0 Å². The first-order valence-corrected chi connectivity index (χ1v) is 11.2. The molecule has 0 aromatic heterocycles. The fourth-order valence-electron chi connectivity index (χ4n) is 4.13. The number of amides is 2. The number of carboxylic acids is 1. The van der Waals surface area contributed by atoms with E-state index in [4.69, 9.17) is 16.3 Å². The van der Waals surface area contributed by atoms with Crippen LogP contribution in [-0.4, -0.2) is 35.7 Å². The molecule has 1 unspecified atom stereocenters. The average Bonchev–Trinajstić information content (AvgIpc) is 3.16. The highest BCUT2D eigenvalue weighted by Gasteiger charge is 2.29. The van der Waals surface area contributed by atoms with Crippen molar-refractivity contribution in [2.75, 3.05) is 11.9 Å². The quantitative estimate of drug-likeness (QED) is 0.427. The second kappa shape index (κ2) is 9.97. The number of aromatic carboxylic acids is 1. The largest absolute Gasteiger partial charge is 0.478 e. The van der Waals surface area contributed by atoms with E-state index in [2.05, 4.69) is 22.8 Å². The Morgan fingerprint density at radius 2 is 1.62 bits per heavy atom. The van der Waals surface area contributed by atoms with E-state index in [9.17, 15) is 19.5 Å². The zero-order valence-corrected chi connectivity index (χ0v) is 19.1. The van der Waals surface area contributed by atoms with Crippen molar-refractivity contribution in [2.24, 2.45) is 0 Å². The Morgan fingerprint density at radius 3 is 2.21 bits per heavy atom. The first kappa shape index (κ1) is 23.3. The van der Waals surface area contributed by atoms with Gasteiger partial charge >= 0.3 is 12.1 Å². The van der Waals surface area contributed by atoms with Crippen molar-refractivity contribution in [1.29, 1.82) is 0 Å². The summed E-state index contributed by atoms with van der Waals surface area (Å²) in [6.07, 6.45) is -0.388. The Bertz CT molecular complexity index is 1210. The van der Waals surface area contributed by atoms with Gasteiger partial charge in [-0.2, -0.15) is 0 Å². The molecule has 1 aliphatic rings. The van der Waals surface area contributed by atoms with Crippen LogP contribution >= 0.6 is 11.6 Å². The smallest absolute Gasteiger partial charge is 0.407 e. The monoisotopic (exact) mass is 478 g/mol. The molecular formula is C26H23ClN2O5. The summed E-state index contributed by atoms with van der Waals surface area (Å²) >= 11 is 5.87. The molecule has 8 heteroatoms. The Kier molecular flexibility index (Phi) is 6.84. The number of carboxylic acid groups (broad SMARTS) is 1. The van der Waals surface area contributed by atoms with Crippen LogP contribution in [0.15, 0.2) is 66.7 Å². The number of fused-ring (bicyclic) bond motifs is 3. The van der Waals surface area contributed by atoms with Crippen LogP contribution in [0.1, 0.15) is 40.7 Å². The summed E-state index contributed by atoms with van der Waals surface area (Å²) in [5, 5.41) is 14.5. The van der Waals surface area contributed by atoms with Crippen LogP contribution in [0.3, 0.4) is 0 Å². The highest BCUT2D eigenvalue weighted by molar-refractivity contribution is 6.33. The number of hydrogen-bond donors (Lipinski definition) is 3. The Labute approximate surface area is 201 Å². The number of carbonyl (C=O) groups excluding carboxylic acids is 2. The fourth-order valence-corrected chi connectivity index (χ4v) is 4.33. The van der Waals surface area contributed by atoms with Crippen molar-refractivity contribution in [2.45, 2.75) is 25.3 Å². The van der Waals surface area contributed by atoms with Gasteiger partial charge in [0.1, 0.15) is 12.6 Å². The molecule has 0 fully saturated rings. The molecule has 3 aromatic carbocycles. The van der Waals surface area contributed by atoms with Crippen LogP contribution < -0.4 is 10.6 Å². The molecule has 0 saturated heterocycles. The number of benzene rings is 3. The van der Waals surface area contributed by atoms with Crippen molar-refractivity contribution in [3.8, 4) is 11.1 Å². The van der Waals surface area contributed by atoms with Gasteiger partial charge < -0.3 is 20.5 Å². The predicted octanol–water partition coefficient (Wildman–Crippen LogP) is 5.29. The summed E-state index contributed by atoms with van der Waals surface area (Å²) in [4.78, 5) is 36.5. The van der Waals surface area contributed by atoms with Crippen LogP contribution in [0.25, 0.3) is 11.1 Å². The van der Waals surface area contributed by atoms with Gasteiger partial charge in [-0.25, -0.2) is 9.59 Å². The lowest BCUT2D eigenvalue weighted by atomic mass is 9.98. The zero-order chi connectivity index (χ0) is 24.2. The normalized spacial score (nSPS) is 12.9. The first-order chi connectivity index (χ1) is 16.4. The van der Waals surface area contributed by atoms with Gasteiger partial charge in [-0.05, 0) is 46.9 Å². The number of anilines is 1. The maximum absolute atomic E-state index is 12.7. The van der Waals surface area contributed by atoms with E-state index in [1.54, 1.807) is 6.92 Å². The predicted molar refractivity (Wildman–Crippen MR) is 129 cm³/mol. The fraction of sp³-hybridized carbons (Fsp3) is 0.192. The number of nitrogens with one attached hydrogen (secondary N) is 2. The third-order valence-electron chi connectivity index (χ3n) is 5.82. The SMILES string of the molecule is CCC(NC(=O)OCC1c2ccccc2-c2ccccc21)C(=O)Nc1ccc(Cl)c(C(=O)O)c1. The Hall–Kier alpha value is -3.84. The van der Waals surface area contributed by atoms with Gasteiger partial charge in [0.05, 0.1) is 10.6 Å². The maximum Gasteiger partial charge on any atom is 0.407 e. The van der Waals surface area contributed by atoms with Gasteiger partial charge in [0.2, 0.25) is 5.91 Å². The molecule has 0 heterocycles. The summed E-state index contributed by atoms with van der Waals surface area (Å²) < 4.78 is 5.51. The standard InChI is InChI=1S/C26H23ClN2O5/c1-2-23(24(30)28-15-11-12-22(27)20(13-15)25(31)32)29-26(33)34-14-21-18-9-5-3-7-16(18)17-8-4-6-10-19(17)21/h3-13,21,23H,2,14H2,1H3,(H,28,30)(H,29,33)(H,31,32). The highest BCUT2D eigenvalue weighted by atomic mass is 35.5. The number of rotatable bonds is 7. The molecule has 7 nitrogen and oxygen atoms in total. The molecule has 174 valence electrons. The number of alkyl carbamates (subject to hydrolysis) is 1. The molecule has 34 heavy (non-hydrogen) atoms. The summed E-state index contributed by atoms with van der Waals surface area (Å²) in [6, 6.07) is 19.3. The molecule has 0 aliphatic heterocycles. The number of halogens is 1. The van der Waals surface area contributed by atoms with Crippen molar-refractivity contribution in [1.82, 2.24) is 5.32 Å². The van der Waals surface area contributed by atoms with Crippen LogP contribution in [0.2, 0.25) is 5.02 Å². The summed E-state index contributed by atoms with van der Waals surface area (Å²) in [6.45, 7) is 1.88. The molecule has 0 bridgehead atoms. The molecule has 2 amide bonds. The lowest BCUT2D eigenvalue weighted by Crippen LogP contribution is -2.43. The summed E-state index contributed by atoms with van der Waals surface area (Å²) in [7, 11) is 0. The van der Waals surface area contributed by atoms with Crippen LogP contribution in [0, 0.1) is 0 Å². The summed E-state index contributed by atoms with van der Waals surface area (Å²) in [5.41, 5.74) is 4.58. The number of ether oxygens (including phenoxy) is 1. The number of hydrogen-bond acceptors (Lipinski definition) is 4. The second-order valence-corrected chi connectivity index (χ2v) is 8.33. The molecule has 0 spiro atoms. The van der Waals surface area contributed by atoms with E-state index in [0.29, 0.717) is 6.42 Å². The van der Waals surface area contributed by atoms with Gasteiger partial charge in [0, 0.05) is 11.6 Å². The van der Waals surface area contributed by atoms with Gasteiger partial charge in [-0.15, -0.1) is 0 Å². The highest BCUT2D eigenvalue weighted by Crippen LogP contribution is 2.44. The minimum Gasteiger partial charge on any atom is -0.478 e. The van der Waals surface area contributed by atoms with E-state index in [1.807, 2.05) is 36.4 Å². The van der Waals surface area contributed by atoms with E-state index in [0.717, 1.165) is 22.3 Å². The molecule has 0 radical (unpaired) electrons. The lowest BCUT2D eigenvalue weighted by Gasteiger charge is -2.19. The third kappa shape index (κ3) is 4.75. The topological polar surface area (TPSA) is 105 Å². The lowest BCUT2D eigenvalue weighted by molar-refractivity contribution is -0.118. The van der Waals surface area contributed by atoms with Gasteiger partial charge in [0.25, 0.3) is 0 Å². The molecule has 1 atom stereocenters. The molecule has 4 rings (SSSR count). The van der Waals surface area contributed by atoms with Crippen LogP contribution in [0.5, 0.6) is 0 Å². The molecule has 0 saturated carbocycles. The molecule has 3 N–H and O–H groups in total. The molecule has 1 aliphatic carbocycles. The summed E-state index contributed by atoms with van der Waals surface area (Å²) in [5.74, 6) is -1.78. The van der Waals surface area contributed by atoms with Gasteiger partial charge in [-0.3, -0.25) is 4.79 Å². The van der Waals surface area contributed by atoms with Crippen molar-refractivity contribution in [3.05, 3.63) is 88.4 Å². The van der Waals surface area contributed by atoms with Crippen molar-refractivity contribution >= 4 is 35.3 Å². The van der Waals surface area contributed by atoms with Crippen molar-refractivity contribution in [3.63, 3.8) is 0 Å². The van der Waals surface area contributed by atoms with E-state index in [-0.39, 0.29) is 28.8 Å². The maximum atomic E-state index is 12.7. The molecule has 3 aromatic rings. The van der Waals surface area contributed by atoms with Crippen LogP contribution in [-0.2, 0) is 9.53 Å². The van der Waals surface area contributed by atoms with Gasteiger partial charge in [-0.1, -0.05) is 67.1 Å². The average molecular weight is 479 g/mol. The molecular weight excluding hydrogens is 456 g/mol. The van der Waals surface area contributed by atoms with E-state index < -0.39 is 24.0 Å². The Balaban J connectivity index is 1.39. The van der Waals surface area contributed by atoms with Crippen molar-refractivity contribution < 1.29 is 24.2 Å². The minimum atomic E-state index is -1.20. The zero-order valence-electron chi connectivity index (χ0n) is 18.4. The Morgan fingerprint density at radius 1 is 1.00 bits per heavy atom.